The molecule has 0 saturated heterocycles. The average Bonchev–Trinajstić information content (AvgIpc) is 2.69. The summed E-state index contributed by atoms with van der Waals surface area (Å²) in [5.74, 6) is 0.656. The highest BCUT2D eigenvalue weighted by atomic mass is 16.5. The Morgan fingerprint density at radius 2 is 2.20 bits per heavy atom. The molecular weight excluding hydrogens is 190 g/mol. The number of aryl methyl sites for hydroxylation is 2. The molecule has 3 heteroatoms. The summed E-state index contributed by atoms with van der Waals surface area (Å²) in [6.45, 7) is 4.51. The number of pyridine rings is 1. The second kappa shape index (κ2) is 4.03. The van der Waals surface area contributed by atoms with Crippen LogP contribution in [0.1, 0.15) is 29.5 Å². The zero-order valence-electron chi connectivity index (χ0n) is 9.03. The van der Waals surface area contributed by atoms with Crippen molar-refractivity contribution in [2.75, 3.05) is 6.61 Å². The number of ether oxygens (including phenoxy) is 1. The molecular formula is C12H15NO2. The van der Waals surface area contributed by atoms with E-state index in [4.69, 9.17) is 4.74 Å². The molecule has 80 valence electrons. The molecule has 1 unspecified atom stereocenters. The SMILES string of the molecule is Cc1ccc(C(O)C2=CCCO2)c(C)n1. The van der Waals surface area contributed by atoms with Crippen LogP contribution in [-0.2, 0) is 4.74 Å². The largest absolute Gasteiger partial charge is 0.495 e. The van der Waals surface area contributed by atoms with Crippen molar-refractivity contribution in [1.29, 1.82) is 0 Å². The van der Waals surface area contributed by atoms with E-state index in [-0.39, 0.29) is 0 Å². The maximum Gasteiger partial charge on any atom is 0.137 e. The average molecular weight is 205 g/mol. The lowest BCUT2D eigenvalue weighted by molar-refractivity contribution is 0.118. The molecule has 0 bridgehead atoms. The van der Waals surface area contributed by atoms with Crippen LogP contribution in [0.4, 0.5) is 0 Å². The first-order valence-electron chi connectivity index (χ1n) is 5.13. The molecule has 0 radical (unpaired) electrons. The quantitative estimate of drug-likeness (QED) is 0.803. The summed E-state index contributed by atoms with van der Waals surface area (Å²) < 4.78 is 5.34. The predicted molar refractivity (Wildman–Crippen MR) is 57.3 cm³/mol. The molecule has 1 aromatic rings. The van der Waals surface area contributed by atoms with Gasteiger partial charge in [-0.05, 0) is 26.0 Å². The van der Waals surface area contributed by atoms with E-state index < -0.39 is 6.10 Å². The summed E-state index contributed by atoms with van der Waals surface area (Å²) >= 11 is 0. The van der Waals surface area contributed by atoms with Gasteiger partial charge in [-0.3, -0.25) is 4.98 Å². The molecule has 1 aliphatic heterocycles. The minimum atomic E-state index is -0.666. The van der Waals surface area contributed by atoms with Crippen molar-refractivity contribution in [2.45, 2.75) is 26.4 Å². The molecule has 15 heavy (non-hydrogen) atoms. The molecule has 3 nitrogen and oxygen atoms in total. The van der Waals surface area contributed by atoms with E-state index in [9.17, 15) is 5.11 Å². The normalized spacial score (nSPS) is 17.1. The number of rotatable bonds is 2. The summed E-state index contributed by atoms with van der Waals surface area (Å²) in [4.78, 5) is 4.32. The van der Waals surface area contributed by atoms with Crippen LogP contribution in [0, 0.1) is 13.8 Å². The Kier molecular flexibility index (Phi) is 2.73. The minimum Gasteiger partial charge on any atom is -0.495 e. The Morgan fingerprint density at radius 1 is 1.40 bits per heavy atom. The van der Waals surface area contributed by atoms with E-state index >= 15 is 0 Å². The van der Waals surface area contributed by atoms with Gasteiger partial charge >= 0.3 is 0 Å². The number of aromatic nitrogens is 1. The Bertz CT molecular complexity index is 399. The van der Waals surface area contributed by atoms with Crippen LogP contribution in [0.15, 0.2) is 24.0 Å². The smallest absolute Gasteiger partial charge is 0.137 e. The van der Waals surface area contributed by atoms with Crippen molar-refractivity contribution in [3.63, 3.8) is 0 Å². The summed E-state index contributed by atoms with van der Waals surface area (Å²) in [7, 11) is 0. The number of hydrogen-bond acceptors (Lipinski definition) is 3. The van der Waals surface area contributed by atoms with Crippen LogP contribution in [0.25, 0.3) is 0 Å². The van der Waals surface area contributed by atoms with Gasteiger partial charge in [0, 0.05) is 23.4 Å². The van der Waals surface area contributed by atoms with E-state index in [1.165, 1.54) is 0 Å². The van der Waals surface area contributed by atoms with Gasteiger partial charge in [-0.1, -0.05) is 6.07 Å². The van der Waals surface area contributed by atoms with Gasteiger partial charge in [0.25, 0.3) is 0 Å². The molecule has 0 amide bonds. The predicted octanol–water partition coefficient (Wildman–Crippen LogP) is 2.04. The summed E-state index contributed by atoms with van der Waals surface area (Å²) in [6.07, 6.45) is 2.15. The second-order valence-corrected chi connectivity index (χ2v) is 3.77. The molecule has 0 aliphatic carbocycles. The standard InChI is InChI=1S/C12H15NO2/c1-8-5-6-10(9(2)13-8)12(14)11-4-3-7-15-11/h4-6,12,14H,3,7H2,1-2H3. The van der Waals surface area contributed by atoms with Crippen molar-refractivity contribution in [3.05, 3.63) is 40.9 Å². The maximum absolute atomic E-state index is 10.1. The first-order valence-corrected chi connectivity index (χ1v) is 5.13. The highest BCUT2D eigenvalue weighted by Crippen LogP contribution is 2.27. The van der Waals surface area contributed by atoms with Gasteiger partial charge < -0.3 is 9.84 Å². The third-order valence-corrected chi connectivity index (χ3v) is 2.56. The maximum atomic E-state index is 10.1. The molecule has 1 atom stereocenters. The molecule has 0 spiro atoms. The van der Waals surface area contributed by atoms with Gasteiger partial charge in [0.1, 0.15) is 11.9 Å². The minimum absolute atomic E-state index is 0.656. The molecule has 2 rings (SSSR count). The lowest BCUT2D eigenvalue weighted by Crippen LogP contribution is -2.05. The van der Waals surface area contributed by atoms with Crippen molar-refractivity contribution in [3.8, 4) is 0 Å². The highest BCUT2D eigenvalue weighted by molar-refractivity contribution is 5.29. The molecule has 0 fully saturated rings. The fraction of sp³-hybridized carbons (Fsp3) is 0.417. The van der Waals surface area contributed by atoms with E-state index in [0.717, 1.165) is 23.4 Å². The van der Waals surface area contributed by atoms with E-state index in [2.05, 4.69) is 4.98 Å². The van der Waals surface area contributed by atoms with Gasteiger partial charge in [0.15, 0.2) is 0 Å². The van der Waals surface area contributed by atoms with Crippen molar-refractivity contribution >= 4 is 0 Å². The third kappa shape index (κ3) is 2.02. The molecule has 1 aromatic heterocycles. The van der Waals surface area contributed by atoms with Crippen LogP contribution in [0.5, 0.6) is 0 Å². The fourth-order valence-corrected chi connectivity index (χ4v) is 1.77. The van der Waals surface area contributed by atoms with E-state index in [1.54, 1.807) is 0 Å². The molecule has 1 N–H and O–H groups in total. The van der Waals surface area contributed by atoms with Crippen molar-refractivity contribution in [1.82, 2.24) is 4.98 Å². The second-order valence-electron chi connectivity index (χ2n) is 3.77. The van der Waals surface area contributed by atoms with Crippen molar-refractivity contribution < 1.29 is 9.84 Å². The van der Waals surface area contributed by atoms with E-state index in [1.807, 2.05) is 32.1 Å². The number of hydrogen-bond donors (Lipinski definition) is 1. The highest BCUT2D eigenvalue weighted by Gasteiger charge is 2.19. The Morgan fingerprint density at radius 3 is 2.80 bits per heavy atom. The van der Waals surface area contributed by atoms with Crippen LogP contribution in [-0.4, -0.2) is 16.7 Å². The van der Waals surface area contributed by atoms with Crippen LogP contribution in [0.2, 0.25) is 0 Å². The zero-order chi connectivity index (χ0) is 10.8. The van der Waals surface area contributed by atoms with Gasteiger partial charge in [0.05, 0.1) is 6.61 Å². The topological polar surface area (TPSA) is 42.4 Å². The van der Waals surface area contributed by atoms with Crippen LogP contribution in [0.3, 0.4) is 0 Å². The molecule has 0 saturated carbocycles. The number of nitrogens with zero attached hydrogens (tertiary/aromatic N) is 1. The Balaban J connectivity index is 2.28. The molecule has 2 heterocycles. The third-order valence-electron chi connectivity index (χ3n) is 2.56. The molecule has 1 aliphatic rings. The Hall–Kier alpha value is -1.35. The monoisotopic (exact) mass is 205 g/mol. The Labute approximate surface area is 89.4 Å². The summed E-state index contributed by atoms with van der Waals surface area (Å²) in [5, 5.41) is 10.1. The summed E-state index contributed by atoms with van der Waals surface area (Å²) in [6, 6.07) is 3.81. The fourth-order valence-electron chi connectivity index (χ4n) is 1.77. The first kappa shape index (κ1) is 10.2. The lowest BCUT2D eigenvalue weighted by atomic mass is 10.1. The van der Waals surface area contributed by atoms with E-state index in [0.29, 0.717) is 12.4 Å². The van der Waals surface area contributed by atoms with Crippen molar-refractivity contribution in [2.24, 2.45) is 0 Å². The summed E-state index contributed by atoms with van der Waals surface area (Å²) in [5.41, 5.74) is 2.65. The van der Waals surface area contributed by atoms with Crippen LogP contribution < -0.4 is 0 Å². The number of aliphatic hydroxyl groups excluding tert-OH is 1. The van der Waals surface area contributed by atoms with Gasteiger partial charge in [-0.15, -0.1) is 0 Å². The number of aliphatic hydroxyl groups is 1. The molecule has 0 aromatic carbocycles. The van der Waals surface area contributed by atoms with Crippen LogP contribution >= 0.6 is 0 Å². The van der Waals surface area contributed by atoms with Gasteiger partial charge in [-0.2, -0.15) is 0 Å². The zero-order valence-corrected chi connectivity index (χ0v) is 9.03. The van der Waals surface area contributed by atoms with Gasteiger partial charge in [-0.25, -0.2) is 0 Å². The van der Waals surface area contributed by atoms with Gasteiger partial charge in [0.2, 0.25) is 0 Å². The lowest BCUT2D eigenvalue weighted by Gasteiger charge is -2.14. The first-order chi connectivity index (χ1) is 7.18.